The molecule has 0 unspecified atom stereocenters. The number of pyridine rings is 1. The predicted octanol–water partition coefficient (Wildman–Crippen LogP) is 0.789. The monoisotopic (exact) mass is 323 g/mol. The number of aliphatic hydroxyl groups is 1. The quantitative estimate of drug-likeness (QED) is 0.904. The Hall–Kier alpha value is -1.47. The number of aliphatic hydroxyl groups excluding tert-OH is 1. The Morgan fingerprint density at radius 2 is 2.32 bits per heavy atom. The topological polar surface area (TPSA) is 67.1 Å². The number of aromatic nitrogens is 2. The predicted molar refractivity (Wildman–Crippen MR) is 83.1 cm³/mol. The van der Waals surface area contributed by atoms with Gasteiger partial charge in [-0.1, -0.05) is 11.6 Å². The second-order valence-electron chi connectivity index (χ2n) is 5.52. The minimum atomic E-state index is -0.146. The summed E-state index contributed by atoms with van der Waals surface area (Å²) < 4.78 is 6.91. The van der Waals surface area contributed by atoms with Gasteiger partial charge in [-0.25, -0.2) is 4.98 Å². The molecule has 1 aliphatic rings. The fourth-order valence-corrected chi connectivity index (χ4v) is 2.80. The molecule has 0 radical (unpaired) electrons. The lowest BCUT2D eigenvalue weighted by atomic mass is 10.1. The van der Waals surface area contributed by atoms with Crippen LogP contribution in [0.1, 0.15) is 5.69 Å². The summed E-state index contributed by atoms with van der Waals surface area (Å²) in [6.45, 7) is 3.35. The summed E-state index contributed by atoms with van der Waals surface area (Å²) >= 11 is 5.90. The average Bonchev–Trinajstić information content (AvgIpc) is 2.73. The maximum absolute atomic E-state index is 12.2. The van der Waals surface area contributed by atoms with Crippen LogP contribution in [-0.2, 0) is 11.3 Å². The summed E-state index contributed by atoms with van der Waals surface area (Å²) in [5, 5.41) is 9.82. The van der Waals surface area contributed by atoms with Gasteiger partial charge in [-0.05, 0) is 12.1 Å². The molecule has 1 atom stereocenters. The van der Waals surface area contributed by atoms with Gasteiger partial charge in [-0.15, -0.1) is 0 Å². The van der Waals surface area contributed by atoms with E-state index in [4.69, 9.17) is 16.3 Å². The Labute approximate surface area is 132 Å². The molecule has 118 valence electrons. The molecule has 3 rings (SSSR count). The van der Waals surface area contributed by atoms with Gasteiger partial charge in [-0.2, -0.15) is 0 Å². The van der Waals surface area contributed by atoms with E-state index in [2.05, 4.69) is 9.88 Å². The third kappa shape index (κ3) is 3.47. The number of rotatable bonds is 3. The average molecular weight is 324 g/mol. The lowest BCUT2D eigenvalue weighted by molar-refractivity contribution is 0.0958. The second-order valence-corrected chi connectivity index (χ2v) is 5.96. The summed E-state index contributed by atoms with van der Waals surface area (Å²) in [5.41, 5.74) is 1.15. The van der Waals surface area contributed by atoms with Gasteiger partial charge >= 0.3 is 0 Å². The molecule has 0 aliphatic carbocycles. The number of hydrogen-bond acceptors (Lipinski definition) is 5. The van der Waals surface area contributed by atoms with Crippen molar-refractivity contribution in [3.05, 3.63) is 45.5 Å². The van der Waals surface area contributed by atoms with Gasteiger partial charge in [0.1, 0.15) is 5.65 Å². The van der Waals surface area contributed by atoms with Crippen molar-refractivity contribution in [2.45, 2.75) is 6.54 Å². The molecule has 0 amide bonds. The molecule has 0 aromatic carbocycles. The van der Waals surface area contributed by atoms with E-state index in [0.29, 0.717) is 36.1 Å². The maximum Gasteiger partial charge on any atom is 0.258 e. The molecule has 22 heavy (non-hydrogen) atoms. The summed E-state index contributed by atoms with van der Waals surface area (Å²) in [7, 11) is 0. The molecule has 6 nitrogen and oxygen atoms in total. The van der Waals surface area contributed by atoms with E-state index in [9.17, 15) is 9.90 Å². The van der Waals surface area contributed by atoms with Gasteiger partial charge in [-0.3, -0.25) is 14.1 Å². The molecule has 1 aliphatic heterocycles. The zero-order valence-corrected chi connectivity index (χ0v) is 12.9. The van der Waals surface area contributed by atoms with E-state index >= 15 is 0 Å². The van der Waals surface area contributed by atoms with Crippen molar-refractivity contribution in [1.29, 1.82) is 0 Å². The first-order chi connectivity index (χ1) is 10.7. The van der Waals surface area contributed by atoms with Gasteiger partial charge in [0, 0.05) is 44.4 Å². The van der Waals surface area contributed by atoms with Crippen LogP contribution in [0.5, 0.6) is 0 Å². The smallest absolute Gasteiger partial charge is 0.258 e. The standard InChI is InChI=1S/C15H18ClN3O3/c16-12-1-2-14-17-13(5-15(21)19(14)7-12)8-18-3-4-22-10-11(6-18)9-20/h1-2,5,7,11,20H,3-4,6,8-10H2/t11-/m1/s1. The molecular formula is C15H18ClN3O3. The highest BCUT2D eigenvalue weighted by molar-refractivity contribution is 6.30. The van der Waals surface area contributed by atoms with Crippen molar-refractivity contribution in [2.24, 2.45) is 5.92 Å². The first-order valence-electron chi connectivity index (χ1n) is 7.24. The second kappa shape index (κ2) is 6.75. The highest BCUT2D eigenvalue weighted by atomic mass is 35.5. The van der Waals surface area contributed by atoms with Crippen LogP contribution >= 0.6 is 11.6 Å². The third-order valence-corrected chi connectivity index (χ3v) is 3.97. The zero-order chi connectivity index (χ0) is 15.5. The highest BCUT2D eigenvalue weighted by Gasteiger charge is 2.18. The normalized spacial score (nSPS) is 20.2. The van der Waals surface area contributed by atoms with Crippen LogP contribution in [0.15, 0.2) is 29.2 Å². The van der Waals surface area contributed by atoms with E-state index in [-0.39, 0.29) is 18.1 Å². The molecule has 0 saturated carbocycles. The van der Waals surface area contributed by atoms with Gasteiger partial charge in [0.05, 0.1) is 23.9 Å². The van der Waals surface area contributed by atoms with Crippen LogP contribution in [0, 0.1) is 5.92 Å². The van der Waals surface area contributed by atoms with Crippen molar-refractivity contribution in [3.8, 4) is 0 Å². The first kappa shape index (κ1) is 15.4. The lowest BCUT2D eigenvalue weighted by Crippen LogP contribution is -2.32. The van der Waals surface area contributed by atoms with E-state index in [1.54, 1.807) is 18.3 Å². The third-order valence-electron chi connectivity index (χ3n) is 3.74. The minimum Gasteiger partial charge on any atom is -0.396 e. The van der Waals surface area contributed by atoms with Crippen molar-refractivity contribution in [2.75, 3.05) is 32.9 Å². The Bertz CT molecular complexity index is 719. The molecule has 2 aromatic rings. The summed E-state index contributed by atoms with van der Waals surface area (Å²) in [5.74, 6) is 0.0999. The number of nitrogens with zero attached hydrogens (tertiary/aromatic N) is 3. The van der Waals surface area contributed by atoms with Crippen LogP contribution in [-0.4, -0.2) is 52.3 Å². The number of halogens is 1. The fourth-order valence-electron chi connectivity index (χ4n) is 2.64. The van der Waals surface area contributed by atoms with Gasteiger partial charge in [0.2, 0.25) is 0 Å². The van der Waals surface area contributed by atoms with Gasteiger partial charge in [0.25, 0.3) is 5.56 Å². The molecule has 7 heteroatoms. The summed E-state index contributed by atoms with van der Waals surface area (Å²) in [6.07, 6.45) is 1.57. The van der Waals surface area contributed by atoms with Crippen molar-refractivity contribution >= 4 is 17.2 Å². The fraction of sp³-hybridized carbons (Fsp3) is 0.467. The van der Waals surface area contributed by atoms with Crippen LogP contribution in [0.2, 0.25) is 5.02 Å². The van der Waals surface area contributed by atoms with Crippen LogP contribution in [0.25, 0.3) is 5.65 Å². The SMILES string of the molecule is O=c1cc(CN2CCOC[C@@H](CO)C2)nc2ccc(Cl)cn12. The van der Waals surface area contributed by atoms with Crippen molar-refractivity contribution in [3.63, 3.8) is 0 Å². The van der Waals surface area contributed by atoms with Crippen LogP contribution in [0.4, 0.5) is 0 Å². The van der Waals surface area contributed by atoms with Gasteiger partial charge in [0.15, 0.2) is 0 Å². The molecule has 1 saturated heterocycles. The molecule has 1 fully saturated rings. The van der Waals surface area contributed by atoms with E-state index in [0.717, 1.165) is 13.1 Å². The molecule has 3 heterocycles. The molecular weight excluding hydrogens is 306 g/mol. The maximum atomic E-state index is 12.2. The summed E-state index contributed by atoms with van der Waals surface area (Å²) in [6, 6.07) is 4.98. The first-order valence-corrected chi connectivity index (χ1v) is 7.62. The van der Waals surface area contributed by atoms with E-state index in [1.165, 1.54) is 10.5 Å². The Morgan fingerprint density at radius 1 is 1.45 bits per heavy atom. The van der Waals surface area contributed by atoms with E-state index < -0.39 is 0 Å². The zero-order valence-electron chi connectivity index (χ0n) is 12.1. The lowest BCUT2D eigenvalue weighted by Gasteiger charge is -2.21. The van der Waals surface area contributed by atoms with Crippen molar-refractivity contribution in [1.82, 2.24) is 14.3 Å². The largest absolute Gasteiger partial charge is 0.396 e. The van der Waals surface area contributed by atoms with Crippen molar-refractivity contribution < 1.29 is 9.84 Å². The Kier molecular flexibility index (Phi) is 4.73. The summed E-state index contributed by atoms with van der Waals surface area (Å²) in [4.78, 5) is 18.8. The minimum absolute atomic E-state index is 0.0999. The van der Waals surface area contributed by atoms with Crippen LogP contribution in [0.3, 0.4) is 0 Å². The Balaban J connectivity index is 1.84. The van der Waals surface area contributed by atoms with E-state index in [1.807, 2.05) is 0 Å². The number of fused-ring (bicyclic) bond motifs is 1. The molecule has 1 N–H and O–H groups in total. The molecule has 0 bridgehead atoms. The molecule has 0 spiro atoms. The van der Waals surface area contributed by atoms with Crippen LogP contribution < -0.4 is 5.56 Å². The van der Waals surface area contributed by atoms with Gasteiger partial charge < -0.3 is 9.84 Å². The molecule has 2 aromatic heterocycles. The Morgan fingerprint density at radius 3 is 3.14 bits per heavy atom. The number of hydrogen-bond donors (Lipinski definition) is 1. The highest BCUT2D eigenvalue weighted by Crippen LogP contribution is 2.11. The number of ether oxygens (including phenoxy) is 1.